The zero-order valence-corrected chi connectivity index (χ0v) is 12.5. The van der Waals surface area contributed by atoms with Crippen LogP contribution in [0.15, 0.2) is 42.5 Å². The Morgan fingerprint density at radius 1 is 1.23 bits per heavy atom. The molecule has 0 fully saturated rings. The number of methoxy groups -OCH3 is 1. The number of benzene rings is 2. The van der Waals surface area contributed by atoms with E-state index in [-0.39, 0.29) is 6.10 Å². The first-order chi connectivity index (χ1) is 10.8. The summed E-state index contributed by atoms with van der Waals surface area (Å²) in [7, 11) is 1.64. The van der Waals surface area contributed by atoms with Crippen LogP contribution in [0.1, 0.15) is 21.5 Å². The first kappa shape index (κ1) is 14.6. The number of rotatable bonds is 6. The molecule has 0 spiro atoms. The van der Waals surface area contributed by atoms with E-state index in [0.717, 1.165) is 17.4 Å². The van der Waals surface area contributed by atoms with E-state index in [9.17, 15) is 4.79 Å². The Morgan fingerprint density at radius 3 is 2.77 bits per heavy atom. The molecule has 0 aromatic heterocycles. The highest BCUT2D eigenvalue weighted by molar-refractivity contribution is 5.80. The Bertz CT molecular complexity index is 652. The lowest BCUT2D eigenvalue weighted by Gasteiger charge is -2.13. The van der Waals surface area contributed by atoms with Crippen molar-refractivity contribution in [3.05, 3.63) is 59.2 Å². The quantitative estimate of drug-likeness (QED) is 0.769. The molecule has 0 aliphatic carbocycles. The Hall–Kier alpha value is -2.33. The molecule has 1 atom stereocenters. The summed E-state index contributed by atoms with van der Waals surface area (Å²) < 4.78 is 16.9. The molecule has 22 heavy (non-hydrogen) atoms. The molecule has 4 nitrogen and oxygen atoms in total. The van der Waals surface area contributed by atoms with Gasteiger partial charge < -0.3 is 14.2 Å². The molecular weight excluding hydrogens is 280 g/mol. The van der Waals surface area contributed by atoms with Crippen LogP contribution in [0.4, 0.5) is 0 Å². The number of carbonyl (C=O) groups is 1. The molecule has 1 heterocycles. The van der Waals surface area contributed by atoms with Crippen LogP contribution in [-0.2, 0) is 17.8 Å². The number of ether oxygens (including phenoxy) is 3. The molecule has 3 rings (SSSR count). The molecule has 114 valence electrons. The van der Waals surface area contributed by atoms with Gasteiger partial charge in [0.05, 0.1) is 6.61 Å². The van der Waals surface area contributed by atoms with Gasteiger partial charge in [-0.1, -0.05) is 30.3 Å². The van der Waals surface area contributed by atoms with Gasteiger partial charge >= 0.3 is 0 Å². The lowest BCUT2D eigenvalue weighted by atomic mass is 10.0. The average Bonchev–Trinajstić information content (AvgIpc) is 2.98. The lowest BCUT2D eigenvalue weighted by Crippen LogP contribution is -2.19. The Kier molecular flexibility index (Phi) is 4.39. The van der Waals surface area contributed by atoms with Crippen molar-refractivity contribution < 1.29 is 19.0 Å². The second kappa shape index (κ2) is 6.62. The third-order valence-corrected chi connectivity index (χ3v) is 3.69. The summed E-state index contributed by atoms with van der Waals surface area (Å²) in [6, 6.07) is 13.5. The van der Waals surface area contributed by atoms with Gasteiger partial charge in [-0.05, 0) is 17.7 Å². The van der Waals surface area contributed by atoms with Crippen LogP contribution in [0.5, 0.6) is 11.5 Å². The van der Waals surface area contributed by atoms with Crippen LogP contribution < -0.4 is 9.47 Å². The maximum Gasteiger partial charge on any atom is 0.165 e. The van der Waals surface area contributed by atoms with Crippen molar-refractivity contribution in [1.82, 2.24) is 0 Å². The van der Waals surface area contributed by atoms with Crippen molar-refractivity contribution in [1.29, 1.82) is 0 Å². The first-order valence-corrected chi connectivity index (χ1v) is 7.25. The van der Waals surface area contributed by atoms with E-state index in [0.29, 0.717) is 36.7 Å². The molecular formula is C18H18O4. The SMILES string of the molecule is COCC1Cc2c(C=O)ccc(OCc3ccccc3)c2O1. The molecule has 1 aliphatic heterocycles. The average molecular weight is 298 g/mol. The minimum atomic E-state index is -0.0693. The van der Waals surface area contributed by atoms with E-state index in [2.05, 4.69) is 0 Å². The van der Waals surface area contributed by atoms with Crippen molar-refractivity contribution in [2.45, 2.75) is 19.1 Å². The number of aldehydes is 1. The fourth-order valence-corrected chi connectivity index (χ4v) is 2.64. The zero-order chi connectivity index (χ0) is 15.4. The van der Waals surface area contributed by atoms with Crippen molar-refractivity contribution >= 4 is 6.29 Å². The molecule has 0 saturated heterocycles. The molecule has 2 aromatic rings. The van der Waals surface area contributed by atoms with Crippen LogP contribution in [0.25, 0.3) is 0 Å². The minimum Gasteiger partial charge on any atom is -0.485 e. The molecule has 1 unspecified atom stereocenters. The summed E-state index contributed by atoms with van der Waals surface area (Å²) in [5, 5.41) is 0. The standard InChI is InChI=1S/C18H18O4/c1-20-12-15-9-16-14(10-19)7-8-17(18(16)22-15)21-11-13-5-3-2-4-6-13/h2-8,10,15H,9,11-12H2,1H3. The highest BCUT2D eigenvalue weighted by Gasteiger charge is 2.28. The van der Waals surface area contributed by atoms with E-state index < -0.39 is 0 Å². The number of fused-ring (bicyclic) bond motifs is 1. The summed E-state index contributed by atoms with van der Waals surface area (Å²) in [6.07, 6.45) is 1.46. The second-order valence-electron chi connectivity index (χ2n) is 5.25. The minimum absolute atomic E-state index is 0.0693. The zero-order valence-electron chi connectivity index (χ0n) is 12.5. The van der Waals surface area contributed by atoms with Gasteiger partial charge in [0.15, 0.2) is 11.5 Å². The summed E-state index contributed by atoms with van der Waals surface area (Å²) in [4.78, 5) is 11.2. The van der Waals surface area contributed by atoms with E-state index in [1.807, 2.05) is 30.3 Å². The Balaban J connectivity index is 1.81. The first-order valence-electron chi connectivity index (χ1n) is 7.25. The summed E-state index contributed by atoms with van der Waals surface area (Å²) >= 11 is 0. The Morgan fingerprint density at radius 2 is 2.05 bits per heavy atom. The van der Waals surface area contributed by atoms with Gasteiger partial charge in [0, 0.05) is 24.7 Å². The van der Waals surface area contributed by atoms with Crippen molar-refractivity contribution in [3.63, 3.8) is 0 Å². The maximum atomic E-state index is 11.2. The fourth-order valence-electron chi connectivity index (χ4n) is 2.64. The highest BCUT2D eigenvalue weighted by Crippen LogP contribution is 2.40. The predicted molar refractivity (Wildman–Crippen MR) is 82.6 cm³/mol. The molecule has 0 N–H and O–H groups in total. The fraction of sp³-hybridized carbons (Fsp3) is 0.278. The monoisotopic (exact) mass is 298 g/mol. The van der Waals surface area contributed by atoms with E-state index >= 15 is 0 Å². The summed E-state index contributed by atoms with van der Waals surface area (Å²) in [5.41, 5.74) is 2.64. The molecule has 0 amide bonds. The van der Waals surface area contributed by atoms with E-state index in [4.69, 9.17) is 14.2 Å². The number of hydrogen-bond donors (Lipinski definition) is 0. The molecule has 0 radical (unpaired) electrons. The van der Waals surface area contributed by atoms with Crippen LogP contribution >= 0.6 is 0 Å². The normalized spacial score (nSPS) is 16.0. The molecule has 1 aliphatic rings. The number of hydrogen-bond acceptors (Lipinski definition) is 4. The molecule has 0 saturated carbocycles. The third-order valence-electron chi connectivity index (χ3n) is 3.69. The second-order valence-corrected chi connectivity index (χ2v) is 5.25. The Labute approximate surface area is 129 Å². The van der Waals surface area contributed by atoms with Gasteiger partial charge in [-0.3, -0.25) is 4.79 Å². The molecule has 2 aromatic carbocycles. The van der Waals surface area contributed by atoms with Gasteiger partial charge in [-0.25, -0.2) is 0 Å². The topological polar surface area (TPSA) is 44.8 Å². The van der Waals surface area contributed by atoms with Crippen LogP contribution in [0.2, 0.25) is 0 Å². The smallest absolute Gasteiger partial charge is 0.165 e. The maximum absolute atomic E-state index is 11.2. The van der Waals surface area contributed by atoms with Gasteiger partial charge in [0.2, 0.25) is 0 Å². The number of carbonyl (C=O) groups excluding carboxylic acids is 1. The van der Waals surface area contributed by atoms with Gasteiger partial charge in [-0.2, -0.15) is 0 Å². The van der Waals surface area contributed by atoms with Gasteiger partial charge in [-0.15, -0.1) is 0 Å². The van der Waals surface area contributed by atoms with Crippen molar-refractivity contribution in [2.75, 3.05) is 13.7 Å². The van der Waals surface area contributed by atoms with Gasteiger partial charge in [0.1, 0.15) is 19.0 Å². The van der Waals surface area contributed by atoms with E-state index in [1.165, 1.54) is 0 Å². The molecule has 0 bridgehead atoms. The van der Waals surface area contributed by atoms with Crippen molar-refractivity contribution in [3.8, 4) is 11.5 Å². The third kappa shape index (κ3) is 2.97. The highest BCUT2D eigenvalue weighted by atomic mass is 16.5. The van der Waals surface area contributed by atoms with Crippen molar-refractivity contribution in [2.24, 2.45) is 0 Å². The lowest BCUT2D eigenvalue weighted by molar-refractivity contribution is 0.0927. The van der Waals surface area contributed by atoms with Gasteiger partial charge in [0.25, 0.3) is 0 Å². The predicted octanol–water partition coefficient (Wildman–Crippen LogP) is 3.03. The largest absolute Gasteiger partial charge is 0.485 e. The van der Waals surface area contributed by atoms with E-state index in [1.54, 1.807) is 19.2 Å². The summed E-state index contributed by atoms with van der Waals surface area (Å²) in [5.74, 6) is 1.34. The van der Waals surface area contributed by atoms with Crippen LogP contribution in [-0.4, -0.2) is 26.1 Å². The summed E-state index contributed by atoms with van der Waals surface area (Å²) in [6.45, 7) is 0.955. The van der Waals surface area contributed by atoms with Crippen LogP contribution in [0.3, 0.4) is 0 Å². The molecule has 4 heteroatoms. The van der Waals surface area contributed by atoms with Crippen LogP contribution in [0, 0.1) is 0 Å².